The summed E-state index contributed by atoms with van der Waals surface area (Å²) in [5.74, 6) is 0.759. The molecule has 1 fully saturated rings. The molecule has 3 heterocycles. The first-order chi connectivity index (χ1) is 12.9. The van der Waals surface area contributed by atoms with Crippen molar-refractivity contribution >= 4 is 10.0 Å². The lowest BCUT2D eigenvalue weighted by atomic mass is 10.1. The number of pyridine rings is 1. The minimum atomic E-state index is -3.51. The zero-order valence-electron chi connectivity index (χ0n) is 15.2. The second-order valence-corrected chi connectivity index (χ2v) is 8.73. The maximum Gasteiger partial charge on any atom is 0.249 e. The van der Waals surface area contributed by atoms with Crippen LogP contribution in [0.5, 0.6) is 0 Å². The van der Waals surface area contributed by atoms with Crippen LogP contribution in [-0.2, 0) is 10.0 Å². The summed E-state index contributed by atoms with van der Waals surface area (Å²) in [4.78, 5) is 4.54. The third-order valence-electron chi connectivity index (χ3n) is 4.76. The van der Waals surface area contributed by atoms with E-state index in [4.69, 9.17) is 4.42 Å². The number of hydrogen-bond acceptors (Lipinski definition) is 6. The molecule has 7 nitrogen and oxygen atoms in total. The fourth-order valence-corrected chi connectivity index (χ4v) is 4.62. The molecule has 2 aromatic heterocycles. The van der Waals surface area contributed by atoms with Crippen molar-refractivity contribution < 1.29 is 12.8 Å². The van der Waals surface area contributed by atoms with E-state index in [2.05, 4.69) is 15.2 Å². The van der Waals surface area contributed by atoms with Gasteiger partial charge in [0.1, 0.15) is 0 Å². The van der Waals surface area contributed by atoms with E-state index in [9.17, 15) is 8.42 Å². The zero-order chi connectivity index (χ0) is 19.0. The minimum Gasteiger partial charge on any atom is -0.420 e. The summed E-state index contributed by atoms with van der Waals surface area (Å²) in [6.45, 7) is 4.61. The number of aryl methyl sites for hydroxylation is 2. The molecule has 0 N–H and O–H groups in total. The summed E-state index contributed by atoms with van der Waals surface area (Å²) in [7, 11) is -3.51. The predicted molar refractivity (Wildman–Crippen MR) is 99.6 cm³/mol. The molecular formula is C19H20N4O3S. The van der Waals surface area contributed by atoms with E-state index in [-0.39, 0.29) is 5.92 Å². The Labute approximate surface area is 158 Å². The number of rotatable bonds is 4. The van der Waals surface area contributed by atoms with Gasteiger partial charge >= 0.3 is 0 Å². The Hall–Kier alpha value is -2.58. The van der Waals surface area contributed by atoms with Crippen LogP contribution in [0.3, 0.4) is 0 Å². The molecule has 3 aromatic rings. The van der Waals surface area contributed by atoms with E-state index in [0.29, 0.717) is 36.2 Å². The van der Waals surface area contributed by atoms with Crippen LogP contribution in [-0.4, -0.2) is 41.0 Å². The van der Waals surface area contributed by atoms with E-state index >= 15 is 0 Å². The number of sulfonamides is 1. The summed E-state index contributed by atoms with van der Waals surface area (Å²) >= 11 is 0. The number of nitrogens with zero attached hydrogens (tertiary/aromatic N) is 4. The molecule has 140 valence electrons. The Morgan fingerprint density at radius 2 is 1.85 bits per heavy atom. The van der Waals surface area contributed by atoms with Crippen LogP contribution in [0.25, 0.3) is 11.5 Å². The van der Waals surface area contributed by atoms with Crippen LogP contribution in [0.15, 0.2) is 51.9 Å². The van der Waals surface area contributed by atoms with Crippen LogP contribution >= 0.6 is 0 Å². The average Bonchev–Trinajstić information content (AvgIpc) is 3.32. The summed E-state index contributed by atoms with van der Waals surface area (Å²) in [6.07, 6.45) is 2.34. The first-order valence-electron chi connectivity index (χ1n) is 8.77. The zero-order valence-corrected chi connectivity index (χ0v) is 16.0. The second-order valence-electron chi connectivity index (χ2n) is 6.80. The Morgan fingerprint density at radius 1 is 1.07 bits per heavy atom. The van der Waals surface area contributed by atoms with Gasteiger partial charge in [0, 0.05) is 25.0 Å². The molecule has 0 saturated carbocycles. The Kier molecular flexibility index (Phi) is 4.53. The topological polar surface area (TPSA) is 89.2 Å². The Balaban J connectivity index is 1.51. The van der Waals surface area contributed by atoms with Crippen molar-refractivity contribution in [2.75, 3.05) is 13.1 Å². The molecule has 0 spiro atoms. The standard InChI is InChI=1S/C19H20N4O3S/c1-13-3-7-17(8-4-13)27(24,25)23-10-9-16(12-23)19-22-21-18(26-19)15-6-5-14(2)20-11-15/h3-8,11,16H,9-10,12H2,1-2H3. The fourth-order valence-electron chi connectivity index (χ4n) is 3.12. The molecular weight excluding hydrogens is 364 g/mol. The number of aromatic nitrogens is 3. The molecule has 8 heteroatoms. The SMILES string of the molecule is Cc1ccc(S(=O)(=O)N2CCC(c3nnc(-c4ccc(C)nc4)o3)C2)cc1. The van der Waals surface area contributed by atoms with Gasteiger partial charge in [-0.3, -0.25) is 4.98 Å². The molecule has 0 radical (unpaired) electrons. The Morgan fingerprint density at radius 3 is 2.56 bits per heavy atom. The molecule has 0 aliphatic carbocycles. The highest BCUT2D eigenvalue weighted by atomic mass is 32.2. The third kappa shape index (κ3) is 3.50. The van der Waals surface area contributed by atoms with Gasteiger partial charge < -0.3 is 4.42 Å². The van der Waals surface area contributed by atoms with E-state index < -0.39 is 10.0 Å². The molecule has 1 aliphatic rings. The van der Waals surface area contributed by atoms with Gasteiger partial charge in [0.05, 0.1) is 16.4 Å². The monoisotopic (exact) mass is 384 g/mol. The summed E-state index contributed by atoms with van der Waals surface area (Å²) in [5, 5.41) is 8.22. The normalized spacial score (nSPS) is 18.1. The third-order valence-corrected chi connectivity index (χ3v) is 6.64. The molecule has 1 aromatic carbocycles. The van der Waals surface area contributed by atoms with Crippen molar-refractivity contribution in [2.45, 2.75) is 31.1 Å². The summed E-state index contributed by atoms with van der Waals surface area (Å²) < 4.78 is 32.9. The summed E-state index contributed by atoms with van der Waals surface area (Å²) in [6, 6.07) is 10.7. The van der Waals surface area contributed by atoms with Gasteiger partial charge in [0.25, 0.3) is 0 Å². The quantitative estimate of drug-likeness (QED) is 0.687. The molecule has 27 heavy (non-hydrogen) atoms. The van der Waals surface area contributed by atoms with E-state index in [0.717, 1.165) is 16.8 Å². The highest BCUT2D eigenvalue weighted by molar-refractivity contribution is 7.89. The van der Waals surface area contributed by atoms with Crippen LogP contribution in [0.2, 0.25) is 0 Å². The van der Waals surface area contributed by atoms with Gasteiger partial charge in [-0.25, -0.2) is 8.42 Å². The fraction of sp³-hybridized carbons (Fsp3) is 0.316. The van der Waals surface area contributed by atoms with Crippen molar-refractivity contribution in [3.63, 3.8) is 0 Å². The minimum absolute atomic E-state index is 0.107. The average molecular weight is 384 g/mol. The van der Waals surface area contributed by atoms with Gasteiger partial charge in [-0.1, -0.05) is 17.7 Å². The molecule has 1 saturated heterocycles. The van der Waals surface area contributed by atoms with E-state index in [1.165, 1.54) is 4.31 Å². The highest BCUT2D eigenvalue weighted by Crippen LogP contribution is 2.31. The maximum absolute atomic E-state index is 12.8. The van der Waals surface area contributed by atoms with Gasteiger partial charge in [-0.15, -0.1) is 10.2 Å². The molecule has 1 unspecified atom stereocenters. The van der Waals surface area contributed by atoms with Gasteiger partial charge in [-0.05, 0) is 44.5 Å². The first kappa shape index (κ1) is 17.8. The molecule has 1 aliphatic heterocycles. The lowest BCUT2D eigenvalue weighted by molar-refractivity contribution is 0.440. The van der Waals surface area contributed by atoms with Gasteiger partial charge in [0.15, 0.2) is 0 Å². The van der Waals surface area contributed by atoms with Crippen LogP contribution in [0, 0.1) is 13.8 Å². The molecule has 0 bridgehead atoms. The Bertz CT molecular complexity index is 1040. The molecule has 1 atom stereocenters. The van der Waals surface area contributed by atoms with Crippen molar-refractivity contribution in [1.29, 1.82) is 0 Å². The lowest BCUT2D eigenvalue weighted by Gasteiger charge is -2.16. The first-order valence-corrected chi connectivity index (χ1v) is 10.2. The van der Waals surface area contributed by atoms with Gasteiger partial charge in [0.2, 0.25) is 21.8 Å². The smallest absolute Gasteiger partial charge is 0.249 e. The lowest BCUT2D eigenvalue weighted by Crippen LogP contribution is -2.28. The second kappa shape index (κ2) is 6.86. The van der Waals surface area contributed by atoms with E-state index in [1.54, 1.807) is 30.5 Å². The molecule has 0 amide bonds. The largest absolute Gasteiger partial charge is 0.420 e. The van der Waals surface area contributed by atoms with Crippen molar-refractivity contribution in [2.24, 2.45) is 0 Å². The molecule has 4 rings (SSSR count). The van der Waals surface area contributed by atoms with Crippen molar-refractivity contribution in [1.82, 2.24) is 19.5 Å². The number of hydrogen-bond donors (Lipinski definition) is 0. The summed E-state index contributed by atoms with van der Waals surface area (Å²) in [5.41, 5.74) is 2.69. The van der Waals surface area contributed by atoms with Crippen LogP contribution in [0.1, 0.15) is 29.5 Å². The van der Waals surface area contributed by atoms with Crippen molar-refractivity contribution in [3.05, 3.63) is 59.7 Å². The van der Waals surface area contributed by atoms with Crippen molar-refractivity contribution in [3.8, 4) is 11.5 Å². The van der Waals surface area contributed by atoms with Gasteiger partial charge in [-0.2, -0.15) is 4.31 Å². The van der Waals surface area contributed by atoms with Crippen LogP contribution in [0.4, 0.5) is 0 Å². The maximum atomic E-state index is 12.8. The highest BCUT2D eigenvalue weighted by Gasteiger charge is 2.35. The van der Waals surface area contributed by atoms with E-state index in [1.807, 2.05) is 26.0 Å². The predicted octanol–water partition coefficient (Wildman–Crippen LogP) is 2.93. The van der Waals surface area contributed by atoms with Crippen LogP contribution < -0.4 is 0 Å². The number of benzene rings is 1.